The Bertz CT molecular complexity index is 721. The van der Waals surface area contributed by atoms with E-state index in [1.807, 2.05) is 21.8 Å². The Kier molecular flexibility index (Phi) is 5.16. The van der Waals surface area contributed by atoms with Gasteiger partial charge in [-0.05, 0) is 19.9 Å². The standard InChI is InChI=1S/C17H24N6O2/c1-13(2)23-7-5-14(20-23)12-16(24)21-8-10-22(11-9-21)17-18-6-4-15(19-17)25-3/h4-7,13H,8-12H2,1-3H3. The number of rotatable bonds is 5. The van der Waals surface area contributed by atoms with Crippen molar-refractivity contribution in [3.63, 3.8) is 0 Å². The molecule has 1 fully saturated rings. The molecule has 8 nitrogen and oxygen atoms in total. The van der Waals surface area contributed by atoms with Gasteiger partial charge < -0.3 is 14.5 Å². The van der Waals surface area contributed by atoms with Crippen molar-refractivity contribution in [2.24, 2.45) is 0 Å². The van der Waals surface area contributed by atoms with Crippen LogP contribution >= 0.6 is 0 Å². The molecule has 0 saturated carbocycles. The zero-order valence-corrected chi connectivity index (χ0v) is 14.9. The minimum absolute atomic E-state index is 0.111. The van der Waals surface area contributed by atoms with Crippen LogP contribution in [0.2, 0.25) is 0 Å². The smallest absolute Gasteiger partial charge is 0.228 e. The summed E-state index contributed by atoms with van der Waals surface area (Å²) in [6.07, 6.45) is 3.95. The van der Waals surface area contributed by atoms with Gasteiger partial charge in [0, 0.05) is 50.7 Å². The highest BCUT2D eigenvalue weighted by atomic mass is 16.5. The predicted octanol–water partition coefficient (Wildman–Crippen LogP) is 1.15. The van der Waals surface area contributed by atoms with E-state index in [4.69, 9.17) is 4.74 Å². The highest BCUT2D eigenvalue weighted by Gasteiger charge is 2.23. The number of ether oxygens (including phenoxy) is 1. The summed E-state index contributed by atoms with van der Waals surface area (Å²) >= 11 is 0. The maximum atomic E-state index is 12.5. The van der Waals surface area contributed by atoms with Crippen molar-refractivity contribution in [1.29, 1.82) is 0 Å². The van der Waals surface area contributed by atoms with Gasteiger partial charge >= 0.3 is 0 Å². The summed E-state index contributed by atoms with van der Waals surface area (Å²) in [5.74, 6) is 1.30. The Morgan fingerprint density at radius 1 is 1.24 bits per heavy atom. The predicted molar refractivity (Wildman–Crippen MR) is 93.7 cm³/mol. The maximum Gasteiger partial charge on any atom is 0.228 e. The fourth-order valence-corrected chi connectivity index (χ4v) is 2.78. The highest BCUT2D eigenvalue weighted by molar-refractivity contribution is 5.78. The monoisotopic (exact) mass is 344 g/mol. The van der Waals surface area contributed by atoms with E-state index in [1.54, 1.807) is 19.4 Å². The maximum absolute atomic E-state index is 12.5. The second-order valence-corrected chi connectivity index (χ2v) is 6.32. The van der Waals surface area contributed by atoms with Crippen LogP contribution in [0.25, 0.3) is 0 Å². The van der Waals surface area contributed by atoms with Crippen LogP contribution in [-0.2, 0) is 11.2 Å². The Morgan fingerprint density at radius 2 is 2.00 bits per heavy atom. The molecule has 0 radical (unpaired) electrons. The Morgan fingerprint density at radius 3 is 2.64 bits per heavy atom. The van der Waals surface area contributed by atoms with Gasteiger partial charge in [-0.3, -0.25) is 9.48 Å². The van der Waals surface area contributed by atoms with Gasteiger partial charge in [0.15, 0.2) is 0 Å². The fraction of sp³-hybridized carbons (Fsp3) is 0.529. The topological polar surface area (TPSA) is 76.4 Å². The quantitative estimate of drug-likeness (QED) is 0.810. The number of hydrogen-bond donors (Lipinski definition) is 0. The number of piperazine rings is 1. The fourth-order valence-electron chi connectivity index (χ4n) is 2.78. The molecule has 134 valence electrons. The molecule has 1 saturated heterocycles. The van der Waals surface area contributed by atoms with Crippen LogP contribution < -0.4 is 9.64 Å². The van der Waals surface area contributed by atoms with Gasteiger partial charge in [-0.2, -0.15) is 10.1 Å². The molecule has 3 rings (SSSR count). The Labute approximate surface area is 147 Å². The van der Waals surface area contributed by atoms with Crippen molar-refractivity contribution in [1.82, 2.24) is 24.6 Å². The van der Waals surface area contributed by atoms with E-state index in [1.165, 1.54) is 0 Å². The first kappa shape index (κ1) is 17.2. The first-order chi connectivity index (χ1) is 12.1. The largest absolute Gasteiger partial charge is 0.481 e. The van der Waals surface area contributed by atoms with Crippen molar-refractivity contribution < 1.29 is 9.53 Å². The van der Waals surface area contributed by atoms with E-state index in [9.17, 15) is 4.79 Å². The number of carbonyl (C=O) groups excluding carboxylic acids is 1. The average Bonchev–Trinajstić information content (AvgIpc) is 3.10. The molecule has 2 aromatic rings. The number of aromatic nitrogens is 4. The van der Waals surface area contributed by atoms with E-state index in [0.717, 1.165) is 5.69 Å². The van der Waals surface area contributed by atoms with E-state index >= 15 is 0 Å². The number of nitrogens with zero attached hydrogens (tertiary/aromatic N) is 6. The van der Waals surface area contributed by atoms with Crippen molar-refractivity contribution in [3.05, 3.63) is 30.2 Å². The molecular formula is C17H24N6O2. The molecule has 0 aliphatic carbocycles. The van der Waals surface area contributed by atoms with E-state index in [2.05, 4.69) is 33.8 Å². The summed E-state index contributed by atoms with van der Waals surface area (Å²) < 4.78 is 7.01. The molecule has 8 heteroatoms. The van der Waals surface area contributed by atoms with Crippen LogP contribution in [0, 0.1) is 0 Å². The summed E-state index contributed by atoms with van der Waals surface area (Å²) in [5, 5.41) is 4.45. The number of carbonyl (C=O) groups is 1. The first-order valence-corrected chi connectivity index (χ1v) is 8.50. The molecule has 0 atom stereocenters. The minimum Gasteiger partial charge on any atom is -0.481 e. The van der Waals surface area contributed by atoms with Gasteiger partial charge in [0.05, 0.1) is 19.2 Å². The van der Waals surface area contributed by atoms with Gasteiger partial charge in [0.25, 0.3) is 0 Å². The number of hydrogen-bond acceptors (Lipinski definition) is 6. The Balaban J connectivity index is 1.55. The minimum atomic E-state index is 0.111. The molecule has 1 aliphatic heterocycles. The van der Waals surface area contributed by atoms with Crippen molar-refractivity contribution in [2.45, 2.75) is 26.3 Å². The van der Waals surface area contributed by atoms with Crippen LogP contribution in [0.4, 0.5) is 5.95 Å². The lowest BCUT2D eigenvalue weighted by Crippen LogP contribution is -2.49. The summed E-state index contributed by atoms with van der Waals surface area (Å²) in [6.45, 7) is 6.87. The molecule has 0 unspecified atom stereocenters. The normalized spacial score (nSPS) is 14.9. The molecule has 0 bridgehead atoms. The third kappa shape index (κ3) is 4.07. The van der Waals surface area contributed by atoms with E-state index in [0.29, 0.717) is 50.5 Å². The van der Waals surface area contributed by atoms with Crippen LogP contribution in [-0.4, -0.2) is 63.8 Å². The van der Waals surface area contributed by atoms with Crippen molar-refractivity contribution in [3.8, 4) is 5.88 Å². The third-order valence-electron chi connectivity index (χ3n) is 4.27. The highest BCUT2D eigenvalue weighted by Crippen LogP contribution is 2.15. The van der Waals surface area contributed by atoms with E-state index < -0.39 is 0 Å². The summed E-state index contributed by atoms with van der Waals surface area (Å²) in [5.41, 5.74) is 0.817. The molecule has 2 aromatic heterocycles. The molecular weight excluding hydrogens is 320 g/mol. The molecule has 0 spiro atoms. The van der Waals surface area contributed by atoms with Gasteiger partial charge in [-0.1, -0.05) is 0 Å². The van der Waals surface area contributed by atoms with E-state index in [-0.39, 0.29) is 5.91 Å². The summed E-state index contributed by atoms with van der Waals surface area (Å²) in [6, 6.07) is 3.94. The number of methoxy groups -OCH3 is 1. The second kappa shape index (κ2) is 7.50. The lowest BCUT2D eigenvalue weighted by Gasteiger charge is -2.34. The first-order valence-electron chi connectivity index (χ1n) is 8.50. The Hall–Kier alpha value is -2.64. The van der Waals surface area contributed by atoms with Gasteiger partial charge in [0.1, 0.15) is 0 Å². The van der Waals surface area contributed by atoms with Crippen LogP contribution in [0.1, 0.15) is 25.6 Å². The molecule has 25 heavy (non-hydrogen) atoms. The lowest BCUT2D eigenvalue weighted by atomic mass is 10.2. The van der Waals surface area contributed by atoms with Crippen molar-refractivity contribution in [2.75, 3.05) is 38.2 Å². The lowest BCUT2D eigenvalue weighted by molar-refractivity contribution is -0.130. The molecule has 0 aromatic carbocycles. The average molecular weight is 344 g/mol. The molecule has 3 heterocycles. The van der Waals surface area contributed by atoms with Crippen molar-refractivity contribution >= 4 is 11.9 Å². The SMILES string of the molecule is COc1ccnc(N2CCN(C(=O)Cc3ccn(C(C)C)n3)CC2)n1. The van der Waals surface area contributed by atoms with Crippen LogP contribution in [0.3, 0.4) is 0 Å². The zero-order valence-electron chi connectivity index (χ0n) is 14.9. The molecule has 1 aliphatic rings. The van der Waals surface area contributed by atoms with Crippen LogP contribution in [0.5, 0.6) is 5.88 Å². The summed E-state index contributed by atoms with van der Waals surface area (Å²) in [4.78, 5) is 25.1. The van der Waals surface area contributed by atoms with Crippen LogP contribution in [0.15, 0.2) is 24.5 Å². The third-order valence-corrected chi connectivity index (χ3v) is 4.27. The summed E-state index contributed by atoms with van der Waals surface area (Å²) in [7, 11) is 1.59. The molecule has 1 amide bonds. The number of amides is 1. The zero-order chi connectivity index (χ0) is 17.8. The molecule has 0 N–H and O–H groups in total. The van der Waals surface area contributed by atoms with Gasteiger partial charge in [-0.25, -0.2) is 4.98 Å². The van der Waals surface area contributed by atoms with Gasteiger partial charge in [-0.15, -0.1) is 0 Å². The second-order valence-electron chi connectivity index (χ2n) is 6.32. The van der Waals surface area contributed by atoms with Gasteiger partial charge in [0.2, 0.25) is 17.7 Å². The number of anilines is 1.